The lowest BCUT2D eigenvalue weighted by Crippen LogP contribution is -2.11. The van der Waals surface area contributed by atoms with Gasteiger partial charge in [-0.2, -0.15) is 13.2 Å². The fourth-order valence-corrected chi connectivity index (χ4v) is 2.10. The summed E-state index contributed by atoms with van der Waals surface area (Å²) in [5, 5.41) is 2.62. The van der Waals surface area contributed by atoms with Crippen LogP contribution in [-0.4, -0.2) is 0 Å². The molecular weight excluding hydrogens is 338 g/mol. The number of benzene rings is 2. The van der Waals surface area contributed by atoms with E-state index in [-0.39, 0.29) is 12.2 Å². The van der Waals surface area contributed by atoms with Crippen LogP contribution in [0.1, 0.15) is 11.1 Å². The van der Waals surface area contributed by atoms with Crippen molar-refractivity contribution < 1.29 is 17.6 Å². The maximum atomic E-state index is 13.4. The normalized spacial score (nSPS) is 11.4. The van der Waals surface area contributed by atoms with Crippen molar-refractivity contribution in [1.29, 1.82) is 0 Å². The molecule has 0 atom stereocenters. The third-order valence-corrected chi connectivity index (χ3v) is 3.21. The van der Waals surface area contributed by atoms with Crippen molar-refractivity contribution in [3.8, 4) is 0 Å². The van der Waals surface area contributed by atoms with Gasteiger partial charge < -0.3 is 5.32 Å². The highest BCUT2D eigenvalue weighted by atomic mass is 79.9. The highest BCUT2D eigenvalue weighted by Gasteiger charge is 2.33. The molecule has 20 heavy (non-hydrogen) atoms. The lowest BCUT2D eigenvalue weighted by Gasteiger charge is -2.15. The molecule has 0 radical (unpaired) electrons. The maximum absolute atomic E-state index is 13.4. The van der Waals surface area contributed by atoms with Crippen LogP contribution in [0.5, 0.6) is 0 Å². The summed E-state index contributed by atoms with van der Waals surface area (Å²) in [6.45, 7) is -0.0165. The van der Waals surface area contributed by atoms with Crippen LogP contribution in [0.4, 0.5) is 23.2 Å². The molecule has 0 bridgehead atoms. The van der Waals surface area contributed by atoms with Gasteiger partial charge in [-0.1, -0.05) is 34.1 Å². The van der Waals surface area contributed by atoms with E-state index in [2.05, 4.69) is 21.2 Å². The molecule has 6 heteroatoms. The SMILES string of the molecule is Fc1ccccc1CNc1ccc(Br)cc1C(F)(F)F. The van der Waals surface area contributed by atoms with Crippen LogP contribution in [0.3, 0.4) is 0 Å². The summed E-state index contributed by atoms with van der Waals surface area (Å²) in [6.07, 6.45) is -4.47. The standard InChI is InChI=1S/C14H10BrF4N/c15-10-5-6-13(11(7-10)14(17,18)19)20-8-9-3-1-2-4-12(9)16/h1-7,20H,8H2. The van der Waals surface area contributed by atoms with Gasteiger partial charge in [-0.25, -0.2) is 4.39 Å². The fourth-order valence-electron chi connectivity index (χ4n) is 1.74. The Labute approximate surface area is 121 Å². The van der Waals surface area contributed by atoms with Crippen LogP contribution in [0.2, 0.25) is 0 Å². The van der Waals surface area contributed by atoms with Gasteiger partial charge in [0.2, 0.25) is 0 Å². The molecule has 0 heterocycles. The predicted octanol–water partition coefficient (Wildman–Crippen LogP) is 5.22. The summed E-state index contributed by atoms with van der Waals surface area (Å²) in [6, 6.07) is 9.75. The summed E-state index contributed by atoms with van der Waals surface area (Å²) in [5.74, 6) is -0.453. The molecule has 106 valence electrons. The maximum Gasteiger partial charge on any atom is 0.418 e. The van der Waals surface area contributed by atoms with E-state index in [1.165, 1.54) is 30.3 Å². The topological polar surface area (TPSA) is 12.0 Å². The second kappa shape index (κ2) is 5.83. The van der Waals surface area contributed by atoms with Gasteiger partial charge >= 0.3 is 6.18 Å². The van der Waals surface area contributed by atoms with E-state index in [9.17, 15) is 17.6 Å². The number of anilines is 1. The molecule has 0 spiro atoms. The predicted molar refractivity (Wildman–Crippen MR) is 72.9 cm³/mol. The molecule has 1 nitrogen and oxygen atoms in total. The van der Waals surface area contributed by atoms with Crippen molar-refractivity contribution in [2.45, 2.75) is 12.7 Å². The van der Waals surface area contributed by atoms with Crippen molar-refractivity contribution in [2.24, 2.45) is 0 Å². The van der Waals surface area contributed by atoms with Crippen molar-refractivity contribution in [3.05, 3.63) is 63.9 Å². The molecule has 0 saturated heterocycles. The summed E-state index contributed by atoms with van der Waals surface area (Å²) >= 11 is 3.01. The van der Waals surface area contributed by atoms with E-state index in [0.29, 0.717) is 10.0 Å². The minimum Gasteiger partial charge on any atom is -0.380 e. The molecule has 0 unspecified atom stereocenters. The van der Waals surface area contributed by atoms with E-state index in [1.54, 1.807) is 6.07 Å². The molecule has 0 aromatic heterocycles. The van der Waals surface area contributed by atoms with Crippen molar-refractivity contribution in [2.75, 3.05) is 5.32 Å². The van der Waals surface area contributed by atoms with Gasteiger partial charge in [0.25, 0.3) is 0 Å². The third kappa shape index (κ3) is 3.50. The number of rotatable bonds is 3. The van der Waals surface area contributed by atoms with Crippen molar-refractivity contribution >= 4 is 21.6 Å². The van der Waals surface area contributed by atoms with Gasteiger partial charge in [0, 0.05) is 22.3 Å². The van der Waals surface area contributed by atoms with Crippen molar-refractivity contribution in [3.63, 3.8) is 0 Å². The Balaban J connectivity index is 2.24. The Kier molecular flexibility index (Phi) is 4.32. The number of nitrogens with one attached hydrogen (secondary N) is 1. The summed E-state index contributed by atoms with van der Waals surface area (Å²) in [4.78, 5) is 0. The second-order valence-electron chi connectivity index (χ2n) is 4.13. The summed E-state index contributed by atoms with van der Waals surface area (Å²) in [7, 11) is 0. The second-order valence-corrected chi connectivity index (χ2v) is 5.05. The first-order valence-corrected chi connectivity index (χ1v) is 6.51. The van der Waals surface area contributed by atoms with Crippen LogP contribution >= 0.6 is 15.9 Å². The number of halogens is 5. The first kappa shape index (κ1) is 14.8. The Morgan fingerprint density at radius 3 is 2.40 bits per heavy atom. The smallest absolute Gasteiger partial charge is 0.380 e. The molecule has 0 fully saturated rings. The van der Waals surface area contributed by atoms with Crippen LogP contribution in [0.15, 0.2) is 46.9 Å². The van der Waals surface area contributed by atoms with Gasteiger partial charge in [0.1, 0.15) is 5.82 Å². The average Bonchev–Trinajstić information content (AvgIpc) is 2.38. The minimum atomic E-state index is -4.47. The summed E-state index contributed by atoms with van der Waals surface area (Å²) in [5.41, 5.74) is -0.560. The zero-order valence-electron chi connectivity index (χ0n) is 10.1. The van der Waals surface area contributed by atoms with E-state index in [4.69, 9.17) is 0 Å². The Morgan fingerprint density at radius 1 is 1.05 bits per heavy atom. The lowest BCUT2D eigenvalue weighted by atomic mass is 10.1. The molecule has 2 aromatic rings. The molecule has 0 aliphatic heterocycles. The third-order valence-electron chi connectivity index (χ3n) is 2.71. The highest BCUT2D eigenvalue weighted by molar-refractivity contribution is 9.10. The quantitative estimate of drug-likeness (QED) is 0.750. The van der Waals surface area contributed by atoms with E-state index in [0.717, 1.165) is 6.07 Å². The fraction of sp³-hybridized carbons (Fsp3) is 0.143. The van der Waals surface area contributed by atoms with Gasteiger partial charge in [-0.15, -0.1) is 0 Å². The number of hydrogen-bond acceptors (Lipinski definition) is 1. The van der Waals surface area contributed by atoms with E-state index < -0.39 is 17.6 Å². The van der Waals surface area contributed by atoms with Gasteiger partial charge in [0.15, 0.2) is 0 Å². The minimum absolute atomic E-state index is 0.0165. The molecule has 0 amide bonds. The van der Waals surface area contributed by atoms with E-state index in [1.807, 2.05) is 0 Å². The van der Waals surface area contributed by atoms with E-state index >= 15 is 0 Å². The lowest BCUT2D eigenvalue weighted by molar-refractivity contribution is -0.137. The van der Waals surface area contributed by atoms with Gasteiger partial charge in [0.05, 0.1) is 5.56 Å². The first-order valence-electron chi connectivity index (χ1n) is 5.72. The zero-order valence-corrected chi connectivity index (χ0v) is 11.7. The van der Waals surface area contributed by atoms with Crippen LogP contribution in [0, 0.1) is 5.82 Å². The molecule has 2 rings (SSSR count). The average molecular weight is 348 g/mol. The van der Waals surface area contributed by atoms with Gasteiger partial charge in [-0.05, 0) is 24.3 Å². The number of hydrogen-bond donors (Lipinski definition) is 1. The first-order chi connectivity index (χ1) is 9.38. The monoisotopic (exact) mass is 347 g/mol. The molecular formula is C14H10BrF4N. The molecule has 1 N–H and O–H groups in total. The zero-order chi connectivity index (χ0) is 14.8. The largest absolute Gasteiger partial charge is 0.418 e. The van der Waals surface area contributed by atoms with Crippen molar-refractivity contribution in [1.82, 2.24) is 0 Å². The Hall–Kier alpha value is -1.56. The molecule has 0 aliphatic rings. The molecule has 0 saturated carbocycles. The molecule has 0 aliphatic carbocycles. The Morgan fingerprint density at radius 2 is 1.75 bits per heavy atom. The highest BCUT2D eigenvalue weighted by Crippen LogP contribution is 2.36. The summed E-state index contributed by atoms with van der Waals surface area (Å²) < 4.78 is 52.5. The van der Waals surface area contributed by atoms with Gasteiger partial charge in [-0.3, -0.25) is 0 Å². The Bertz CT molecular complexity index is 610. The molecule has 2 aromatic carbocycles. The van der Waals surface area contributed by atoms with Crippen LogP contribution in [0.25, 0.3) is 0 Å². The van der Waals surface area contributed by atoms with Crippen LogP contribution < -0.4 is 5.32 Å². The number of alkyl halides is 3. The van der Waals surface area contributed by atoms with Crippen LogP contribution in [-0.2, 0) is 12.7 Å².